The van der Waals surface area contributed by atoms with Gasteiger partial charge in [0.2, 0.25) is 5.95 Å². The van der Waals surface area contributed by atoms with Gasteiger partial charge in [-0.05, 0) is 47.9 Å². The van der Waals surface area contributed by atoms with Crippen molar-refractivity contribution in [1.82, 2.24) is 15.0 Å². The van der Waals surface area contributed by atoms with E-state index >= 15 is 0 Å². The molecule has 0 radical (unpaired) electrons. The zero-order chi connectivity index (χ0) is 17.9. The van der Waals surface area contributed by atoms with Crippen molar-refractivity contribution >= 4 is 28.6 Å². The number of imidazole rings is 1. The summed E-state index contributed by atoms with van der Waals surface area (Å²) in [4.78, 5) is 12.0. The molecular formula is C21H15ClN4. The Bertz CT molecular complexity index is 1120. The van der Waals surface area contributed by atoms with Crippen LogP contribution in [0.25, 0.3) is 22.2 Å². The third kappa shape index (κ3) is 3.39. The average Bonchev–Trinajstić information content (AvgIpc) is 3.10. The van der Waals surface area contributed by atoms with Crippen molar-refractivity contribution in [1.29, 1.82) is 0 Å². The van der Waals surface area contributed by atoms with E-state index in [4.69, 9.17) is 11.6 Å². The van der Waals surface area contributed by atoms with Gasteiger partial charge in [-0.1, -0.05) is 35.7 Å². The Labute approximate surface area is 156 Å². The van der Waals surface area contributed by atoms with E-state index in [-0.39, 0.29) is 0 Å². The number of hydrogen-bond donors (Lipinski definition) is 2. The molecule has 0 aliphatic carbocycles. The molecule has 0 atom stereocenters. The minimum absolute atomic E-state index is 0.722. The first-order chi connectivity index (χ1) is 12.7. The van der Waals surface area contributed by atoms with Crippen molar-refractivity contribution in [2.24, 2.45) is 0 Å². The van der Waals surface area contributed by atoms with E-state index in [1.54, 1.807) is 0 Å². The number of anilines is 1. The molecule has 4 nitrogen and oxygen atoms in total. The first-order valence-corrected chi connectivity index (χ1v) is 8.50. The third-order valence-corrected chi connectivity index (χ3v) is 4.25. The number of benzene rings is 2. The second kappa shape index (κ2) is 6.91. The molecule has 0 aliphatic rings. The highest BCUT2D eigenvalue weighted by Crippen LogP contribution is 2.21. The van der Waals surface area contributed by atoms with Gasteiger partial charge >= 0.3 is 0 Å². The number of halogens is 1. The monoisotopic (exact) mass is 358 g/mol. The Morgan fingerprint density at radius 1 is 0.962 bits per heavy atom. The van der Waals surface area contributed by atoms with Gasteiger partial charge in [0.1, 0.15) is 5.69 Å². The summed E-state index contributed by atoms with van der Waals surface area (Å²) in [6, 6.07) is 17.5. The molecule has 0 amide bonds. The molecule has 0 saturated heterocycles. The zero-order valence-corrected chi connectivity index (χ0v) is 14.8. The van der Waals surface area contributed by atoms with Crippen molar-refractivity contribution in [2.45, 2.75) is 0 Å². The Morgan fingerprint density at radius 2 is 1.77 bits per heavy atom. The Balaban J connectivity index is 1.57. The largest absolute Gasteiger partial charge is 0.359 e. The van der Waals surface area contributed by atoms with Crippen LogP contribution in [0.3, 0.4) is 0 Å². The number of H-pyrrole nitrogens is 1. The fourth-order valence-electron chi connectivity index (χ4n) is 2.62. The van der Waals surface area contributed by atoms with Gasteiger partial charge < -0.3 is 10.3 Å². The van der Waals surface area contributed by atoms with Crippen LogP contribution in [-0.2, 0) is 0 Å². The summed E-state index contributed by atoms with van der Waals surface area (Å²) in [5, 5.41) is 3.72. The van der Waals surface area contributed by atoms with Crippen molar-refractivity contribution < 1.29 is 0 Å². The molecule has 126 valence electrons. The van der Waals surface area contributed by atoms with Gasteiger partial charge in [-0.2, -0.15) is 0 Å². The maximum absolute atomic E-state index is 5.93. The normalized spacial score (nSPS) is 10.4. The number of aromatic amines is 1. The third-order valence-electron chi connectivity index (χ3n) is 3.99. The van der Waals surface area contributed by atoms with Crippen LogP contribution in [0.2, 0.25) is 5.02 Å². The molecule has 0 saturated carbocycles. The number of rotatable bonds is 2. The SMILES string of the molecule is CNc1nc2ccc(C#Cc3ccc(-c4ccc(Cl)cc4)cn3)cc2[nH]1. The fraction of sp³-hybridized carbons (Fsp3) is 0.0476. The maximum Gasteiger partial charge on any atom is 0.200 e. The lowest BCUT2D eigenvalue weighted by Gasteiger charge is -2.01. The average molecular weight is 359 g/mol. The van der Waals surface area contributed by atoms with Gasteiger partial charge in [-0.3, -0.25) is 0 Å². The number of nitrogens with zero attached hydrogens (tertiary/aromatic N) is 2. The lowest BCUT2D eigenvalue weighted by molar-refractivity contribution is 1.28. The first kappa shape index (κ1) is 16.2. The number of hydrogen-bond acceptors (Lipinski definition) is 3. The quantitative estimate of drug-likeness (QED) is 0.510. The zero-order valence-electron chi connectivity index (χ0n) is 14.0. The van der Waals surface area contributed by atoms with E-state index in [2.05, 4.69) is 32.1 Å². The lowest BCUT2D eigenvalue weighted by Crippen LogP contribution is -1.88. The Morgan fingerprint density at radius 3 is 2.50 bits per heavy atom. The van der Waals surface area contributed by atoms with E-state index in [1.165, 1.54) is 0 Å². The van der Waals surface area contributed by atoms with Gasteiger partial charge in [0.15, 0.2) is 0 Å². The summed E-state index contributed by atoms with van der Waals surface area (Å²) in [7, 11) is 1.83. The van der Waals surface area contributed by atoms with Gasteiger partial charge in [0, 0.05) is 29.4 Å². The van der Waals surface area contributed by atoms with Crippen LogP contribution in [-0.4, -0.2) is 22.0 Å². The molecule has 2 heterocycles. The summed E-state index contributed by atoms with van der Waals surface area (Å²) < 4.78 is 0. The van der Waals surface area contributed by atoms with E-state index in [0.717, 1.165) is 44.4 Å². The molecule has 0 fully saturated rings. The number of nitrogens with one attached hydrogen (secondary N) is 2. The van der Waals surface area contributed by atoms with Crippen molar-refractivity contribution in [2.75, 3.05) is 12.4 Å². The molecule has 2 aromatic heterocycles. The predicted molar refractivity (Wildman–Crippen MR) is 106 cm³/mol. The molecule has 5 heteroatoms. The summed E-state index contributed by atoms with van der Waals surface area (Å²) in [5.74, 6) is 6.99. The van der Waals surface area contributed by atoms with Gasteiger partial charge in [0.05, 0.1) is 11.0 Å². The maximum atomic E-state index is 5.93. The molecule has 4 aromatic rings. The van der Waals surface area contributed by atoms with Gasteiger partial charge in [-0.25, -0.2) is 9.97 Å². The van der Waals surface area contributed by atoms with E-state index in [1.807, 2.05) is 67.8 Å². The topological polar surface area (TPSA) is 53.6 Å². The summed E-state index contributed by atoms with van der Waals surface area (Å²) in [5.41, 5.74) is 5.60. The van der Waals surface area contributed by atoms with Gasteiger partial charge in [-0.15, -0.1) is 0 Å². The summed E-state index contributed by atoms with van der Waals surface area (Å²) >= 11 is 5.93. The molecule has 0 bridgehead atoms. The molecule has 0 aliphatic heterocycles. The van der Waals surface area contributed by atoms with E-state index in [0.29, 0.717) is 0 Å². The smallest absolute Gasteiger partial charge is 0.200 e. The van der Waals surface area contributed by atoms with Crippen molar-refractivity contribution in [3.63, 3.8) is 0 Å². The second-order valence-electron chi connectivity index (χ2n) is 5.76. The summed E-state index contributed by atoms with van der Waals surface area (Å²) in [6.07, 6.45) is 1.82. The Kier molecular flexibility index (Phi) is 4.30. The van der Waals surface area contributed by atoms with E-state index < -0.39 is 0 Å². The molecule has 2 N–H and O–H groups in total. The molecular weight excluding hydrogens is 344 g/mol. The highest BCUT2D eigenvalue weighted by atomic mass is 35.5. The summed E-state index contributed by atoms with van der Waals surface area (Å²) in [6.45, 7) is 0. The number of pyridine rings is 1. The highest BCUT2D eigenvalue weighted by molar-refractivity contribution is 6.30. The van der Waals surface area contributed by atoms with E-state index in [9.17, 15) is 0 Å². The van der Waals surface area contributed by atoms with Crippen molar-refractivity contribution in [3.05, 3.63) is 77.1 Å². The molecule has 2 aromatic carbocycles. The van der Waals surface area contributed by atoms with Crippen LogP contribution >= 0.6 is 11.6 Å². The second-order valence-corrected chi connectivity index (χ2v) is 6.19. The van der Waals surface area contributed by atoms with Crippen molar-refractivity contribution in [3.8, 4) is 23.0 Å². The van der Waals surface area contributed by atoms with Crippen LogP contribution in [0.1, 0.15) is 11.3 Å². The minimum Gasteiger partial charge on any atom is -0.359 e. The molecule has 26 heavy (non-hydrogen) atoms. The standard InChI is InChI=1S/C21H15ClN4/c1-23-21-25-19-11-3-14(12-20(19)26-21)2-9-18-10-6-16(13-24-18)15-4-7-17(22)8-5-15/h3-8,10-13H,1H3,(H2,23,25,26). The number of aromatic nitrogens is 3. The first-order valence-electron chi connectivity index (χ1n) is 8.13. The minimum atomic E-state index is 0.722. The number of fused-ring (bicyclic) bond motifs is 1. The predicted octanol–water partition coefficient (Wildman–Crippen LogP) is 4.72. The molecule has 4 rings (SSSR count). The van der Waals surface area contributed by atoms with Gasteiger partial charge in [0.25, 0.3) is 0 Å². The van der Waals surface area contributed by atoms with Crippen LogP contribution in [0.4, 0.5) is 5.95 Å². The molecule has 0 unspecified atom stereocenters. The van der Waals surface area contributed by atoms with Crippen LogP contribution in [0.5, 0.6) is 0 Å². The van der Waals surface area contributed by atoms with Crippen LogP contribution in [0, 0.1) is 11.8 Å². The molecule has 0 spiro atoms. The lowest BCUT2D eigenvalue weighted by atomic mass is 10.1. The Hall–Kier alpha value is -3.29. The highest BCUT2D eigenvalue weighted by Gasteiger charge is 2.01. The fourth-order valence-corrected chi connectivity index (χ4v) is 2.75. The van der Waals surface area contributed by atoms with Crippen LogP contribution < -0.4 is 5.32 Å². The van der Waals surface area contributed by atoms with Crippen LogP contribution in [0.15, 0.2) is 60.8 Å².